The number of rotatable bonds is 6. The fourth-order valence-electron chi connectivity index (χ4n) is 6.52. The summed E-state index contributed by atoms with van der Waals surface area (Å²) in [5.74, 6) is 0.128. The van der Waals surface area contributed by atoms with Crippen molar-refractivity contribution in [3.63, 3.8) is 0 Å². The Morgan fingerprint density at radius 1 is 1.12 bits per heavy atom. The van der Waals surface area contributed by atoms with Gasteiger partial charge in [-0.15, -0.1) is 4.52 Å². The van der Waals surface area contributed by atoms with Gasteiger partial charge in [-0.05, 0) is 54.1 Å². The number of hydrogen-bond donors (Lipinski definition) is 4. The molecule has 0 saturated carbocycles. The van der Waals surface area contributed by atoms with Gasteiger partial charge in [0.2, 0.25) is 5.95 Å². The molecule has 0 amide bonds. The zero-order valence-electron chi connectivity index (χ0n) is 21.2. The maximum Gasteiger partial charge on any atom is 0.488 e. The largest absolute Gasteiger partial charge is 0.566 e. The Kier molecular flexibility index (Phi) is 5.42. The number of benzene rings is 4. The highest BCUT2D eigenvalue weighted by molar-refractivity contribution is 7.30. The molecular weight excluding hydrogens is 549 g/mol. The first-order valence-corrected chi connectivity index (χ1v) is 14.2. The predicted octanol–water partition coefficient (Wildman–Crippen LogP) is 2.90. The smallest absolute Gasteiger partial charge is 0.488 e. The molecule has 12 nitrogen and oxygen atoms in total. The van der Waals surface area contributed by atoms with Crippen molar-refractivity contribution >= 4 is 57.7 Å². The van der Waals surface area contributed by atoms with E-state index in [9.17, 15) is 24.5 Å². The number of aliphatic hydroxyl groups is 2. The Hall–Kier alpha value is -4.03. The van der Waals surface area contributed by atoms with E-state index >= 15 is 0 Å². The number of hydrogen-bond acceptors (Lipinski definition) is 10. The Bertz CT molecular complexity index is 2080. The Labute approximate surface area is 231 Å². The summed E-state index contributed by atoms with van der Waals surface area (Å²) in [5.41, 5.74) is 1.47. The lowest BCUT2D eigenvalue weighted by Crippen LogP contribution is -2.26. The van der Waals surface area contributed by atoms with Gasteiger partial charge in [0.05, 0.1) is 19.0 Å². The molecule has 1 unspecified atom stereocenters. The minimum Gasteiger partial charge on any atom is -0.566 e. The fourth-order valence-corrected chi connectivity index (χ4v) is 6.96. The molecule has 206 valence electrons. The molecule has 1 saturated heterocycles. The number of imidazole rings is 1. The molecule has 41 heavy (non-hydrogen) atoms. The number of fused-ring (bicyclic) bond motifs is 1. The van der Waals surface area contributed by atoms with Crippen LogP contribution in [0, 0.1) is 0 Å². The third-order valence-corrected chi connectivity index (χ3v) is 8.72. The van der Waals surface area contributed by atoms with Crippen LogP contribution in [0.15, 0.2) is 59.7 Å². The molecule has 3 heterocycles. The van der Waals surface area contributed by atoms with Gasteiger partial charge in [-0.2, -0.15) is 4.98 Å². The van der Waals surface area contributed by atoms with E-state index in [4.69, 9.17) is 9.26 Å². The van der Waals surface area contributed by atoms with E-state index in [1.54, 1.807) is 0 Å². The van der Waals surface area contributed by atoms with Gasteiger partial charge in [0.25, 0.3) is 5.56 Å². The quantitative estimate of drug-likeness (QED) is 0.172. The van der Waals surface area contributed by atoms with Crippen LogP contribution in [0.25, 0.3) is 43.5 Å². The Morgan fingerprint density at radius 3 is 2.71 bits per heavy atom. The van der Waals surface area contributed by atoms with Gasteiger partial charge >= 0.3 is 8.25 Å². The summed E-state index contributed by atoms with van der Waals surface area (Å²) in [4.78, 5) is 35.6. The van der Waals surface area contributed by atoms with Crippen LogP contribution in [0.4, 0.5) is 5.95 Å². The molecule has 2 aromatic heterocycles. The topological polar surface area (TPSA) is 175 Å². The third kappa shape index (κ3) is 3.63. The summed E-state index contributed by atoms with van der Waals surface area (Å²) in [7, 11) is -3.15. The summed E-state index contributed by atoms with van der Waals surface area (Å²) in [5, 5.41) is 30.9. The van der Waals surface area contributed by atoms with Crippen LogP contribution in [0.5, 0.6) is 0 Å². The normalized spacial score (nSPS) is 24.4. The number of aromatic amines is 1. The van der Waals surface area contributed by atoms with Crippen molar-refractivity contribution < 1.29 is 28.9 Å². The molecule has 6 atom stereocenters. The second-order valence-electron chi connectivity index (χ2n) is 10.5. The lowest BCUT2D eigenvalue weighted by Gasteiger charge is -2.19. The van der Waals surface area contributed by atoms with Crippen molar-refractivity contribution in [2.75, 3.05) is 11.9 Å². The number of ether oxygens (including phenoxy) is 1. The van der Waals surface area contributed by atoms with E-state index in [2.05, 4.69) is 38.5 Å². The first-order valence-electron chi connectivity index (χ1n) is 13.1. The van der Waals surface area contributed by atoms with Crippen molar-refractivity contribution in [2.24, 2.45) is 0 Å². The molecular formula is C28H22N5O7P. The second kappa shape index (κ2) is 8.98. The molecule has 2 aliphatic rings. The van der Waals surface area contributed by atoms with Gasteiger partial charge in [0.15, 0.2) is 11.2 Å². The van der Waals surface area contributed by atoms with E-state index in [0.717, 1.165) is 43.4 Å². The molecule has 13 heteroatoms. The maximum atomic E-state index is 13.0. The first-order chi connectivity index (χ1) is 19.9. The zero-order chi connectivity index (χ0) is 28.0. The van der Waals surface area contributed by atoms with Crippen molar-refractivity contribution in [1.82, 2.24) is 19.5 Å². The molecule has 1 fully saturated rings. The van der Waals surface area contributed by atoms with Crippen LogP contribution in [-0.4, -0.2) is 48.5 Å². The highest BCUT2D eigenvalue weighted by Crippen LogP contribution is 2.50. The van der Waals surface area contributed by atoms with Crippen LogP contribution in [0.1, 0.15) is 35.9 Å². The average Bonchev–Trinajstić information content (AvgIpc) is 3.64. The maximum absolute atomic E-state index is 13.0. The number of nitrogens with one attached hydrogen (secondary N) is 2. The second-order valence-corrected chi connectivity index (χ2v) is 11.1. The first kappa shape index (κ1) is 24.7. The van der Waals surface area contributed by atoms with Gasteiger partial charge < -0.3 is 25.2 Å². The Morgan fingerprint density at radius 2 is 1.90 bits per heavy atom. The number of anilines is 1. The fraction of sp³-hybridized carbons (Fsp3) is 0.250. The summed E-state index contributed by atoms with van der Waals surface area (Å²) in [6.45, 7) is -0.447. The molecule has 4 N–H and O–H groups in total. The summed E-state index contributed by atoms with van der Waals surface area (Å²) < 4.78 is 23.4. The SMILES string of the molecule is O=c1[nH]c(N[C@H]2c3ccc4ccc5cccc6cc(c3c4c56)[C@@H]2O)nc2c1ncn2[C@H]1C[C@H](O[P+](=O)[O-])[C@@H](CO)O1. The molecule has 8 rings (SSSR count). The predicted molar refractivity (Wildman–Crippen MR) is 148 cm³/mol. The molecule has 0 spiro atoms. The lowest BCUT2D eigenvalue weighted by molar-refractivity contribution is -0.191. The third-order valence-electron chi connectivity index (χ3n) is 8.28. The van der Waals surface area contributed by atoms with E-state index in [0.29, 0.717) is 0 Å². The van der Waals surface area contributed by atoms with Crippen molar-refractivity contribution in [2.45, 2.75) is 37.0 Å². The molecule has 1 aliphatic carbocycles. The highest BCUT2D eigenvalue weighted by Gasteiger charge is 2.41. The molecule has 1 aliphatic heterocycles. The standard InChI is InChI=1S/C28H22N5O7P/c34-10-18-17(40-41(37)38)9-19(39-18)33-11-29-24-26(33)31-28(32-27(24)36)30-23-15-7-6-13-5-4-12-2-1-3-14-8-16(25(23)35)22(15)21(13)20(12)14/h1-8,11,17-19,23,25,34-35H,9-10H2,(H2,30,31,32,36)/t17-,18+,19+,23-,25-/m0/s1. The van der Waals surface area contributed by atoms with Crippen molar-refractivity contribution in [3.8, 4) is 0 Å². The van der Waals surface area contributed by atoms with Gasteiger partial charge in [0.1, 0.15) is 24.5 Å². The molecule has 0 bridgehead atoms. The summed E-state index contributed by atoms with van der Waals surface area (Å²) in [6, 6.07) is 15.8. The monoisotopic (exact) mass is 571 g/mol. The number of aromatic nitrogens is 4. The van der Waals surface area contributed by atoms with Gasteiger partial charge in [-0.25, -0.2) is 4.98 Å². The summed E-state index contributed by atoms with van der Waals surface area (Å²) >= 11 is 0. The average molecular weight is 571 g/mol. The van der Waals surface area contributed by atoms with Crippen LogP contribution in [0.3, 0.4) is 0 Å². The summed E-state index contributed by atoms with van der Waals surface area (Å²) in [6.07, 6.45) is -1.96. The van der Waals surface area contributed by atoms with Gasteiger partial charge in [-0.1, -0.05) is 42.5 Å². The minimum absolute atomic E-state index is 0.0636. The molecule has 4 aromatic carbocycles. The van der Waals surface area contributed by atoms with E-state index in [1.807, 2.05) is 30.3 Å². The minimum atomic E-state index is -3.15. The number of H-pyrrole nitrogens is 1. The zero-order valence-corrected chi connectivity index (χ0v) is 22.1. The van der Waals surface area contributed by atoms with Crippen LogP contribution < -0.4 is 15.8 Å². The van der Waals surface area contributed by atoms with Crippen LogP contribution >= 0.6 is 8.25 Å². The lowest BCUT2D eigenvalue weighted by atomic mass is 9.91. The number of nitrogens with zero attached hydrogens (tertiary/aromatic N) is 3. The Balaban J connectivity index is 1.19. The van der Waals surface area contributed by atoms with E-state index < -0.39 is 51.0 Å². The molecule has 0 radical (unpaired) electrons. The van der Waals surface area contributed by atoms with Gasteiger partial charge in [0, 0.05) is 6.42 Å². The van der Waals surface area contributed by atoms with Crippen LogP contribution in [-0.2, 0) is 13.8 Å². The van der Waals surface area contributed by atoms with Gasteiger partial charge in [-0.3, -0.25) is 14.3 Å². The van der Waals surface area contributed by atoms with E-state index in [1.165, 1.54) is 10.9 Å². The van der Waals surface area contributed by atoms with Crippen molar-refractivity contribution in [3.05, 3.63) is 76.3 Å². The highest BCUT2D eigenvalue weighted by atomic mass is 31.1. The number of aliphatic hydroxyl groups excluding tert-OH is 2. The molecule has 6 aromatic rings. The van der Waals surface area contributed by atoms with E-state index in [-0.39, 0.29) is 23.5 Å². The van der Waals surface area contributed by atoms with Crippen LogP contribution in [0.2, 0.25) is 0 Å². The van der Waals surface area contributed by atoms with Crippen molar-refractivity contribution in [1.29, 1.82) is 0 Å².